The van der Waals surface area contributed by atoms with E-state index in [-0.39, 0.29) is 24.5 Å². The first-order valence-electron chi connectivity index (χ1n) is 8.63. The van der Waals surface area contributed by atoms with Crippen molar-refractivity contribution in [3.05, 3.63) is 54.6 Å². The number of methoxy groups -OCH3 is 1. The molecule has 1 aliphatic heterocycles. The topological polar surface area (TPSA) is 97.3 Å². The van der Waals surface area contributed by atoms with Crippen molar-refractivity contribution in [2.45, 2.75) is 12.8 Å². The normalized spacial score (nSPS) is 13.5. The van der Waals surface area contributed by atoms with Crippen LogP contribution in [0.4, 0.5) is 11.4 Å². The van der Waals surface area contributed by atoms with Gasteiger partial charge in [0.05, 0.1) is 12.8 Å². The van der Waals surface area contributed by atoms with E-state index in [4.69, 9.17) is 9.47 Å². The Labute approximate surface area is 161 Å². The number of nitrogens with one attached hydrogen (secondary N) is 1. The van der Waals surface area contributed by atoms with Gasteiger partial charge >= 0.3 is 5.97 Å². The Morgan fingerprint density at radius 2 is 1.89 bits per heavy atom. The number of para-hydroxylation sites is 1. The number of benzene rings is 2. The Kier molecular flexibility index (Phi) is 6.01. The maximum absolute atomic E-state index is 12.2. The fourth-order valence-electron chi connectivity index (χ4n) is 2.58. The highest BCUT2D eigenvalue weighted by Crippen LogP contribution is 2.20. The van der Waals surface area contributed by atoms with Gasteiger partial charge in [-0.1, -0.05) is 24.3 Å². The molecule has 0 spiro atoms. The fourth-order valence-corrected chi connectivity index (χ4v) is 2.58. The Hall–Kier alpha value is -3.68. The van der Waals surface area contributed by atoms with Crippen molar-refractivity contribution in [1.82, 2.24) is 0 Å². The maximum atomic E-state index is 12.2. The number of hydrogen-bond donors (Lipinski definition) is 1. The first-order chi connectivity index (χ1) is 13.6. The van der Waals surface area contributed by atoms with Crippen LogP contribution < -0.4 is 15.1 Å². The summed E-state index contributed by atoms with van der Waals surface area (Å²) in [4.78, 5) is 36.3. The van der Waals surface area contributed by atoms with Crippen molar-refractivity contribution >= 4 is 34.9 Å². The first-order valence-corrected chi connectivity index (χ1v) is 8.63. The van der Waals surface area contributed by atoms with Crippen LogP contribution in [0.1, 0.15) is 12.8 Å². The second-order valence-corrected chi connectivity index (χ2v) is 5.94. The summed E-state index contributed by atoms with van der Waals surface area (Å²) < 4.78 is 10.1. The van der Waals surface area contributed by atoms with Crippen LogP contribution in [-0.4, -0.2) is 37.2 Å². The Morgan fingerprint density at radius 3 is 2.64 bits per heavy atom. The molecule has 3 rings (SSSR count). The Balaban J connectivity index is 1.59. The van der Waals surface area contributed by atoms with Gasteiger partial charge in [0.25, 0.3) is 5.91 Å². The van der Waals surface area contributed by atoms with Crippen LogP contribution in [0.2, 0.25) is 0 Å². The van der Waals surface area contributed by atoms with Gasteiger partial charge in [0.15, 0.2) is 6.61 Å². The number of carbonyl (C=O) groups is 3. The molecule has 0 bridgehead atoms. The molecule has 28 heavy (non-hydrogen) atoms. The maximum Gasteiger partial charge on any atom is 0.355 e. The van der Waals surface area contributed by atoms with E-state index in [2.05, 4.69) is 10.4 Å². The minimum Gasteiger partial charge on any atom is -0.497 e. The van der Waals surface area contributed by atoms with Crippen molar-refractivity contribution in [2.24, 2.45) is 5.10 Å². The van der Waals surface area contributed by atoms with Gasteiger partial charge in [0, 0.05) is 24.6 Å². The zero-order chi connectivity index (χ0) is 19.9. The third kappa shape index (κ3) is 4.73. The van der Waals surface area contributed by atoms with Gasteiger partial charge < -0.3 is 14.8 Å². The van der Waals surface area contributed by atoms with E-state index in [0.717, 1.165) is 0 Å². The molecule has 1 heterocycles. The van der Waals surface area contributed by atoms with Crippen molar-refractivity contribution in [2.75, 3.05) is 24.0 Å². The number of hydrazone groups is 1. The third-order valence-corrected chi connectivity index (χ3v) is 3.96. The molecule has 0 saturated carbocycles. The summed E-state index contributed by atoms with van der Waals surface area (Å²) in [6.45, 7) is -0.464. The van der Waals surface area contributed by atoms with Gasteiger partial charge in [0.1, 0.15) is 11.5 Å². The molecule has 8 heteroatoms. The number of anilines is 2. The molecule has 1 N–H and O–H groups in total. The monoisotopic (exact) mass is 381 g/mol. The highest BCUT2D eigenvalue weighted by molar-refractivity contribution is 6.38. The summed E-state index contributed by atoms with van der Waals surface area (Å²) in [7, 11) is 1.52. The van der Waals surface area contributed by atoms with Crippen LogP contribution in [-0.2, 0) is 19.1 Å². The summed E-state index contributed by atoms with van der Waals surface area (Å²) in [5, 5.41) is 7.89. The summed E-state index contributed by atoms with van der Waals surface area (Å²) in [6.07, 6.45) is 0.303. The third-order valence-electron chi connectivity index (χ3n) is 3.96. The Bertz CT molecular complexity index is 911. The molecule has 0 aliphatic carbocycles. The number of ether oxygens (including phenoxy) is 2. The van der Waals surface area contributed by atoms with Gasteiger partial charge in [-0.15, -0.1) is 0 Å². The van der Waals surface area contributed by atoms with E-state index in [0.29, 0.717) is 17.1 Å². The molecule has 0 radical (unpaired) electrons. The average molecular weight is 381 g/mol. The van der Waals surface area contributed by atoms with Crippen LogP contribution in [0.5, 0.6) is 5.75 Å². The molecule has 2 amide bonds. The second-order valence-electron chi connectivity index (χ2n) is 5.94. The lowest BCUT2D eigenvalue weighted by Crippen LogP contribution is -2.35. The van der Waals surface area contributed by atoms with E-state index < -0.39 is 18.5 Å². The molecule has 1 aliphatic rings. The second kappa shape index (κ2) is 8.81. The summed E-state index contributed by atoms with van der Waals surface area (Å²) in [6, 6.07) is 15.6. The van der Waals surface area contributed by atoms with Crippen molar-refractivity contribution in [3.63, 3.8) is 0 Å². The molecular formula is C20H19N3O5. The van der Waals surface area contributed by atoms with E-state index in [1.54, 1.807) is 48.5 Å². The standard InChI is InChI=1S/C20H19N3O5/c1-27-16-9-5-6-14(12-16)21-18(24)13-28-20(26)17-10-11-19(25)23(22-17)15-7-3-2-4-8-15/h2-9,12H,10-11,13H2,1H3,(H,21,24). The molecule has 8 nitrogen and oxygen atoms in total. The number of esters is 1. The molecule has 0 fully saturated rings. The van der Waals surface area contributed by atoms with Gasteiger partial charge in [0.2, 0.25) is 5.91 Å². The number of rotatable bonds is 6. The number of hydrogen-bond acceptors (Lipinski definition) is 6. The van der Waals surface area contributed by atoms with Crippen molar-refractivity contribution in [1.29, 1.82) is 0 Å². The highest BCUT2D eigenvalue weighted by atomic mass is 16.5. The van der Waals surface area contributed by atoms with Crippen LogP contribution in [0, 0.1) is 0 Å². The zero-order valence-electron chi connectivity index (χ0n) is 15.3. The van der Waals surface area contributed by atoms with Crippen molar-refractivity contribution in [3.8, 4) is 5.75 Å². The van der Waals surface area contributed by atoms with Crippen molar-refractivity contribution < 1.29 is 23.9 Å². The van der Waals surface area contributed by atoms with Crippen LogP contribution in [0.15, 0.2) is 59.7 Å². The lowest BCUT2D eigenvalue weighted by Gasteiger charge is -2.22. The van der Waals surface area contributed by atoms with E-state index in [9.17, 15) is 14.4 Å². The minimum absolute atomic E-state index is 0.0950. The van der Waals surface area contributed by atoms with E-state index >= 15 is 0 Å². The molecule has 0 aromatic heterocycles. The molecule has 0 atom stereocenters. The lowest BCUT2D eigenvalue weighted by molar-refractivity contribution is -0.140. The zero-order valence-corrected chi connectivity index (χ0v) is 15.3. The highest BCUT2D eigenvalue weighted by Gasteiger charge is 2.26. The summed E-state index contributed by atoms with van der Waals surface area (Å²) in [5.41, 5.74) is 1.18. The quantitative estimate of drug-likeness (QED) is 0.775. The molecular weight excluding hydrogens is 362 g/mol. The largest absolute Gasteiger partial charge is 0.497 e. The fraction of sp³-hybridized carbons (Fsp3) is 0.200. The predicted octanol–water partition coefficient (Wildman–Crippen LogP) is 2.36. The van der Waals surface area contributed by atoms with Crippen LogP contribution in [0.3, 0.4) is 0 Å². The van der Waals surface area contributed by atoms with Gasteiger partial charge in [-0.2, -0.15) is 5.10 Å². The Morgan fingerprint density at radius 1 is 1.11 bits per heavy atom. The minimum atomic E-state index is -0.728. The molecule has 2 aromatic carbocycles. The lowest BCUT2D eigenvalue weighted by atomic mass is 10.1. The van der Waals surface area contributed by atoms with E-state index in [1.165, 1.54) is 12.1 Å². The first kappa shape index (κ1) is 19.1. The molecule has 2 aromatic rings. The predicted molar refractivity (Wildman–Crippen MR) is 103 cm³/mol. The van der Waals surface area contributed by atoms with Crippen LogP contribution in [0.25, 0.3) is 0 Å². The van der Waals surface area contributed by atoms with Gasteiger partial charge in [-0.3, -0.25) is 9.59 Å². The van der Waals surface area contributed by atoms with E-state index in [1.807, 2.05) is 6.07 Å². The van der Waals surface area contributed by atoms with Gasteiger partial charge in [-0.05, 0) is 24.3 Å². The summed E-state index contributed by atoms with van der Waals surface area (Å²) in [5.74, 6) is -0.834. The molecule has 0 unspecified atom stereocenters. The van der Waals surface area contributed by atoms with Crippen LogP contribution >= 0.6 is 0 Å². The SMILES string of the molecule is COc1cccc(NC(=O)COC(=O)C2=NN(c3ccccc3)C(=O)CC2)c1. The average Bonchev–Trinajstić information content (AvgIpc) is 2.73. The number of carbonyl (C=O) groups excluding carboxylic acids is 3. The number of amides is 2. The smallest absolute Gasteiger partial charge is 0.355 e. The van der Waals surface area contributed by atoms with Gasteiger partial charge in [-0.25, -0.2) is 9.80 Å². The number of nitrogens with zero attached hydrogens (tertiary/aromatic N) is 2. The summed E-state index contributed by atoms with van der Waals surface area (Å²) >= 11 is 0. The molecule has 144 valence electrons. The molecule has 0 saturated heterocycles.